The minimum Gasteiger partial charge on any atom is -0.331 e. The zero-order valence-corrected chi connectivity index (χ0v) is 15.6. The van der Waals surface area contributed by atoms with E-state index in [4.69, 9.17) is 5.26 Å². The number of rotatable bonds is 5. The fourth-order valence-corrected chi connectivity index (χ4v) is 4.25. The van der Waals surface area contributed by atoms with Gasteiger partial charge in [0.25, 0.3) is 5.91 Å². The maximum atomic E-state index is 12.9. The van der Waals surface area contributed by atoms with Crippen molar-refractivity contribution in [2.75, 3.05) is 6.54 Å². The molecule has 0 saturated heterocycles. The van der Waals surface area contributed by atoms with Gasteiger partial charge in [-0.1, -0.05) is 18.2 Å². The van der Waals surface area contributed by atoms with E-state index < -0.39 is 0 Å². The number of aromatic nitrogens is 1. The Morgan fingerprint density at radius 1 is 1.28 bits per heavy atom. The molecule has 3 rings (SSSR count). The average Bonchev–Trinajstić information content (AvgIpc) is 3.33. The molecule has 2 aromatic heterocycles. The summed E-state index contributed by atoms with van der Waals surface area (Å²) in [5, 5.41) is 13.6. The van der Waals surface area contributed by atoms with Crippen molar-refractivity contribution in [3.8, 4) is 16.0 Å². The Hall–Kier alpha value is -2.49. The predicted octanol–water partition coefficient (Wildman–Crippen LogP) is 4.97. The molecule has 0 aliphatic carbocycles. The van der Waals surface area contributed by atoms with Crippen LogP contribution in [0.15, 0.2) is 47.2 Å². The van der Waals surface area contributed by atoms with Crippen LogP contribution in [0.1, 0.15) is 41.5 Å². The first-order valence-corrected chi connectivity index (χ1v) is 9.70. The summed E-state index contributed by atoms with van der Waals surface area (Å²) in [6, 6.07) is 13.4. The number of hydrogen-bond donors (Lipinski definition) is 0. The Kier molecular flexibility index (Phi) is 5.27. The lowest BCUT2D eigenvalue weighted by Crippen LogP contribution is -2.33. The van der Waals surface area contributed by atoms with E-state index in [-0.39, 0.29) is 11.9 Å². The van der Waals surface area contributed by atoms with Gasteiger partial charge < -0.3 is 4.90 Å². The van der Waals surface area contributed by atoms with Crippen molar-refractivity contribution in [1.29, 1.82) is 5.26 Å². The Balaban J connectivity index is 1.82. The van der Waals surface area contributed by atoms with Gasteiger partial charge in [-0.2, -0.15) is 5.26 Å². The predicted molar refractivity (Wildman–Crippen MR) is 102 cm³/mol. The lowest BCUT2D eigenvalue weighted by atomic mass is 10.0. The highest BCUT2D eigenvalue weighted by Crippen LogP contribution is 2.29. The summed E-state index contributed by atoms with van der Waals surface area (Å²) >= 11 is 3.11. The highest BCUT2D eigenvalue weighted by molar-refractivity contribution is 7.20. The molecule has 0 fully saturated rings. The second-order valence-corrected chi connectivity index (χ2v) is 7.32. The van der Waals surface area contributed by atoms with Crippen LogP contribution in [0.4, 0.5) is 0 Å². The number of carbonyl (C=O) groups is 1. The normalized spacial score (nSPS) is 11.7. The molecule has 1 unspecified atom stereocenters. The summed E-state index contributed by atoms with van der Waals surface area (Å²) in [5.74, 6) is -0.0709. The van der Waals surface area contributed by atoms with Crippen molar-refractivity contribution < 1.29 is 4.79 Å². The molecule has 4 nitrogen and oxygen atoms in total. The first-order valence-electron chi connectivity index (χ1n) is 7.94. The number of amides is 1. The van der Waals surface area contributed by atoms with E-state index in [1.165, 1.54) is 11.3 Å². The lowest BCUT2D eigenvalue weighted by Gasteiger charge is -2.27. The van der Waals surface area contributed by atoms with Crippen molar-refractivity contribution in [1.82, 2.24) is 9.88 Å². The largest absolute Gasteiger partial charge is 0.331 e. The summed E-state index contributed by atoms with van der Waals surface area (Å²) in [7, 11) is 0. The zero-order chi connectivity index (χ0) is 17.8. The van der Waals surface area contributed by atoms with Crippen LogP contribution in [-0.4, -0.2) is 22.3 Å². The van der Waals surface area contributed by atoms with Gasteiger partial charge in [-0.05, 0) is 43.0 Å². The minimum atomic E-state index is -0.0860. The maximum Gasteiger partial charge on any atom is 0.273 e. The van der Waals surface area contributed by atoms with E-state index >= 15 is 0 Å². The summed E-state index contributed by atoms with van der Waals surface area (Å²) in [6.07, 6.45) is 0. The Morgan fingerprint density at radius 2 is 2.04 bits per heavy atom. The van der Waals surface area contributed by atoms with Crippen LogP contribution < -0.4 is 0 Å². The zero-order valence-electron chi connectivity index (χ0n) is 14.0. The van der Waals surface area contributed by atoms with Crippen molar-refractivity contribution >= 4 is 28.6 Å². The number of thiazole rings is 1. The molecule has 0 aliphatic heterocycles. The molecule has 0 spiro atoms. The van der Waals surface area contributed by atoms with Gasteiger partial charge in [0.1, 0.15) is 10.7 Å². The van der Waals surface area contributed by atoms with Crippen LogP contribution in [0.25, 0.3) is 9.88 Å². The SMILES string of the molecule is CCN(C(=O)c1csc(-c2cccs2)n1)C(C)c1ccc(C#N)cc1. The van der Waals surface area contributed by atoms with Crippen LogP contribution in [0, 0.1) is 11.3 Å². The smallest absolute Gasteiger partial charge is 0.273 e. The number of benzene rings is 1. The molecule has 0 radical (unpaired) electrons. The fraction of sp³-hybridized carbons (Fsp3) is 0.211. The molecule has 1 atom stereocenters. The molecule has 0 N–H and O–H groups in total. The third kappa shape index (κ3) is 3.63. The van der Waals surface area contributed by atoms with Gasteiger partial charge in [0, 0.05) is 11.9 Å². The number of hydrogen-bond acceptors (Lipinski definition) is 5. The summed E-state index contributed by atoms with van der Waals surface area (Å²) < 4.78 is 0. The fourth-order valence-electron chi connectivity index (χ4n) is 2.64. The molecular formula is C19H17N3OS2. The monoisotopic (exact) mass is 367 g/mol. The summed E-state index contributed by atoms with van der Waals surface area (Å²) in [4.78, 5) is 20.3. The Bertz CT molecular complexity index is 892. The average molecular weight is 367 g/mol. The van der Waals surface area contributed by atoms with Crippen LogP contribution in [0.5, 0.6) is 0 Å². The molecular weight excluding hydrogens is 350 g/mol. The van der Waals surface area contributed by atoms with E-state index in [0.717, 1.165) is 15.4 Å². The molecule has 1 aromatic carbocycles. The van der Waals surface area contributed by atoms with E-state index in [2.05, 4.69) is 11.1 Å². The Morgan fingerprint density at radius 3 is 2.64 bits per heavy atom. The molecule has 0 saturated carbocycles. The second kappa shape index (κ2) is 7.60. The number of thiophene rings is 1. The molecule has 2 heterocycles. The molecule has 0 aliphatic rings. The molecule has 1 amide bonds. The van der Waals surface area contributed by atoms with Gasteiger partial charge in [-0.3, -0.25) is 4.79 Å². The topological polar surface area (TPSA) is 57.0 Å². The van der Waals surface area contributed by atoms with Crippen molar-refractivity contribution in [2.45, 2.75) is 19.9 Å². The molecule has 0 bridgehead atoms. The van der Waals surface area contributed by atoms with Gasteiger partial charge in [0.2, 0.25) is 0 Å². The first-order chi connectivity index (χ1) is 12.1. The van der Waals surface area contributed by atoms with E-state index in [0.29, 0.717) is 17.8 Å². The van der Waals surface area contributed by atoms with E-state index in [9.17, 15) is 4.79 Å². The van der Waals surface area contributed by atoms with Crippen LogP contribution in [0.3, 0.4) is 0 Å². The minimum absolute atomic E-state index is 0.0709. The third-order valence-electron chi connectivity index (χ3n) is 4.05. The second-order valence-electron chi connectivity index (χ2n) is 5.52. The van der Waals surface area contributed by atoms with Gasteiger partial charge in [-0.15, -0.1) is 22.7 Å². The summed E-state index contributed by atoms with van der Waals surface area (Å²) in [5.41, 5.74) is 2.10. The number of carbonyl (C=O) groups excluding carboxylic acids is 1. The van der Waals surface area contributed by atoms with E-state index in [1.807, 2.05) is 48.9 Å². The number of nitrogens with zero attached hydrogens (tertiary/aromatic N) is 3. The molecule has 3 aromatic rings. The van der Waals surface area contributed by atoms with Crippen LogP contribution >= 0.6 is 22.7 Å². The quantitative estimate of drug-likeness (QED) is 0.640. The highest BCUT2D eigenvalue weighted by Gasteiger charge is 2.23. The highest BCUT2D eigenvalue weighted by atomic mass is 32.1. The van der Waals surface area contributed by atoms with Gasteiger partial charge in [0.05, 0.1) is 22.6 Å². The van der Waals surface area contributed by atoms with E-state index in [1.54, 1.807) is 28.4 Å². The number of nitriles is 1. The third-order valence-corrected chi connectivity index (χ3v) is 5.93. The standard InChI is InChI=1S/C19H17N3OS2/c1-3-22(13(2)15-8-6-14(11-20)7-9-15)19(23)16-12-25-18(21-16)17-5-4-10-24-17/h4-10,12-13H,3H2,1-2H3. The molecule has 126 valence electrons. The maximum absolute atomic E-state index is 12.9. The van der Waals surface area contributed by atoms with Crippen molar-refractivity contribution in [3.05, 3.63) is 64.0 Å². The lowest BCUT2D eigenvalue weighted by molar-refractivity contribution is 0.0697. The van der Waals surface area contributed by atoms with Crippen molar-refractivity contribution in [2.24, 2.45) is 0 Å². The Labute approximate surface area is 155 Å². The molecule has 6 heteroatoms. The van der Waals surface area contributed by atoms with Gasteiger partial charge in [0.15, 0.2) is 0 Å². The van der Waals surface area contributed by atoms with Crippen molar-refractivity contribution in [3.63, 3.8) is 0 Å². The van der Waals surface area contributed by atoms with Gasteiger partial charge >= 0.3 is 0 Å². The van der Waals surface area contributed by atoms with Gasteiger partial charge in [-0.25, -0.2) is 4.98 Å². The molecule has 25 heavy (non-hydrogen) atoms. The van der Waals surface area contributed by atoms with Crippen LogP contribution in [0.2, 0.25) is 0 Å². The van der Waals surface area contributed by atoms with Crippen LogP contribution in [-0.2, 0) is 0 Å². The first kappa shape index (κ1) is 17.3. The summed E-state index contributed by atoms with van der Waals surface area (Å²) in [6.45, 7) is 4.55.